The van der Waals surface area contributed by atoms with Gasteiger partial charge in [-0.2, -0.15) is 0 Å². The number of nitrogens with zero attached hydrogens (tertiary/aromatic N) is 2. The van der Waals surface area contributed by atoms with E-state index in [2.05, 4.69) is 20.9 Å². The van der Waals surface area contributed by atoms with Crippen molar-refractivity contribution in [3.8, 4) is 11.5 Å². The Balaban J connectivity index is 2.12. The molecule has 7 heteroatoms. The third kappa shape index (κ3) is 3.45. The molecule has 0 atom stereocenters. The van der Waals surface area contributed by atoms with Gasteiger partial charge in [0.1, 0.15) is 12.4 Å². The molecule has 0 saturated carbocycles. The monoisotopic (exact) mass is 338 g/mol. The third-order valence-corrected chi connectivity index (χ3v) is 2.97. The van der Waals surface area contributed by atoms with Crippen molar-refractivity contribution in [2.75, 3.05) is 7.11 Å². The highest BCUT2D eigenvalue weighted by molar-refractivity contribution is 9.10. The summed E-state index contributed by atoms with van der Waals surface area (Å²) < 4.78 is 10.9. The van der Waals surface area contributed by atoms with E-state index in [1.807, 2.05) is 12.1 Å². The molecule has 0 bridgehead atoms. The van der Waals surface area contributed by atoms with Crippen LogP contribution in [0.5, 0.6) is 11.5 Å². The standard InChI is InChI=1S/C13H11BrN2O4/c1-19-10-4-2-9(3-5-10)8-20-11-6-7-12(14)15-13(11)16(17)18/h2-7H,8H2,1H3. The Kier molecular flexibility index (Phi) is 4.52. The molecular weight excluding hydrogens is 328 g/mol. The Bertz CT molecular complexity index is 616. The topological polar surface area (TPSA) is 74.5 Å². The molecule has 0 amide bonds. The van der Waals surface area contributed by atoms with E-state index in [1.54, 1.807) is 25.3 Å². The summed E-state index contributed by atoms with van der Waals surface area (Å²) >= 11 is 3.09. The second kappa shape index (κ2) is 6.33. The van der Waals surface area contributed by atoms with Gasteiger partial charge in [0.2, 0.25) is 10.4 Å². The number of methoxy groups -OCH3 is 1. The van der Waals surface area contributed by atoms with Crippen molar-refractivity contribution in [1.82, 2.24) is 4.98 Å². The van der Waals surface area contributed by atoms with Crippen LogP contribution >= 0.6 is 15.9 Å². The molecule has 0 fully saturated rings. The van der Waals surface area contributed by atoms with Crippen molar-refractivity contribution in [2.45, 2.75) is 6.61 Å². The van der Waals surface area contributed by atoms with Gasteiger partial charge in [0.05, 0.1) is 7.11 Å². The number of ether oxygens (including phenoxy) is 2. The smallest absolute Gasteiger partial charge is 0.407 e. The van der Waals surface area contributed by atoms with Crippen molar-refractivity contribution in [2.24, 2.45) is 0 Å². The minimum atomic E-state index is -0.575. The van der Waals surface area contributed by atoms with Crippen LogP contribution in [0.3, 0.4) is 0 Å². The molecule has 1 aromatic carbocycles. The lowest BCUT2D eigenvalue weighted by Gasteiger charge is -2.07. The van der Waals surface area contributed by atoms with E-state index < -0.39 is 4.92 Å². The molecule has 0 N–H and O–H groups in total. The Hall–Kier alpha value is -2.15. The average Bonchev–Trinajstić information content (AvgIpc) is 2.46. The van der Waals surface area contributed by atoms with Gasteiger partial charge in [-0.25, -0.2) is 0 Å². The van der Waals surface area contributed by atoms with Gasteiger partial charge in [-0.3, -0.25) is 0 Å². The second-order valence-electron chi connectivity index (χ2n) is 3.85. The lowest BCUT2D eigenvalue weighted by molar-refractivity contribution is -0.390. The zero-order valence-corrected chi connectivity index (χ0v) is 12.2. The van der Waals surface area contributed by atoms with Gasteiger partial charge >= 0.3 is 5.82 Å². The lowest BCUT2D eigenvalue weighted by atomic mass is 10.2. The van der Waals surface area contributed by atoms with Gasteiger partial charge in [0.25, 0.3) is 0 Å². The number of halogens is 1. The van der Waals surface area contributed by atoms with E-state index in [0.29, 0.717) is 4.60 Å². The molecule has 104 valence electrons. The van der Waals surface area contributed by atoms with Crippen molar-refractivity contribution >= 4 is 21.7 Å². The molecule has 2 rings (SSSR count). The van der Waals surface area contributed by atoms with Crippen LogP contribution in [0.25, 0.3) is 0 Å². The number of aromatic nitrogens is 1. The molecule has 1 aromatic heterocycles. The van der Waals surface area contributed by atoms with E-state index in [9.17, 15) is 10.1 Å². The van der Waals surface area contributed by atoms with Crippen LogP contribution in [0.15, 0.2) is 41.0 Å². The van der Waals surface area contributed by atoms with E-state index >= 15 is 0 Å². The summed E-state index contributed by atoms with van der Waals surface area (Å²) in [6, 6.07) is 10.4. The molecule has 0 aliphatic heterocycles. The summed E-state index contributed by atoms with van der Waals surface area (Å²) in [5, 5.41) is 10.9. The minimum absolute atomic E-state index is 0.133. The molecule has 0 unspecified atom stereocenters. The molecule has 2 aromatic rings. The number of pyridine rings is 1. The molecule has 0 spiro atoms. The summed E-state index contributed by atoms with van der Waals surface area (Å²) in [6.45, 7) is 0.216. The number of benzene rings is 1. The first-order valence-electron chi connectivity index (χ1n) is 5.67. The highest BCUT2D eigenvalue weighted by Crippen LogP contribution is 2.27. The predicted octanol–water partition coefficient (Wildman–Crippen LogP) is 3.34. The molecule has 0 aliphatic rings. The van der Waals surface area contributed by atoms with Gasteiger partial charge in [-0.05, 0) is 33.7 Å². The average molecular weight is 339 g/mol. The number of nitro groups is 1. The van der Waals surface area contributed by atoms with Crippen LogP contribution in [-0.2, 0) is 6.61 Å². The van der Waals surface area contributed by atoms with Crippen LogP contribution in [0.4, 0.5) is 5.82 Å². The third-order valence-electron chi connectivity index (χ3n) is 2.53. The van der Waals surface area contributed by atoms with Crippen molar-refractivity contribution < 1.29 is 14.4 Å². The summed E-state index contributed by atoms with van der Waals surface area (Å²) in [6.07, 6.45) is 0. The van der Waals surface area contributed by atoms with Crippen LogP contribution in [-0.4, -0.2) is 17.0 Å². The summed E-state index contributed by atoms with van der Waals surface area (Å²) in [5.74, 6) is 0.562. The van der Waals surface area contributed by atoms with Gasteiger partial charge in [0.15, 0.2) is 0 Å². The maximum absolute atomic E-state index is 10.9. The number of hydrogen-bond donors (Lipinski definition) is 0. The summed E-state index contributed by atoms with van der Waals surface area (Å²) in [7, 11) is 1.59. The Labute approximate surface area is 123 Å². The first kappa shape index (κ1) is 14.3. The van der Waals surface area contributed by atoms with E-state index in [0.717, 1.165) is 11.3 Å². The van der Waals surface area contributed by atoms with Gasteiger partial charge in [-0.1, -0.05) is 12.1 Å². The van der Waals surface area contributed by atoms with Crippen LogP contribution in [0.1, 0.15) is 5.56 Å². The van der Waals surface area contributed by atoms with Gasteiger partial charge in [0, 0.05) is 22.0 Å². The van der Waals surface area contributed by atoms with E-state index in [1.165, 1.54) is 6.07 Å². The zero-order chi connectivity index (χ0) is 14.5. The molecule has 6 nitrogen and oxygen atoms in total. The molecule has 1 heterocycles. The first-order chi connectivity index (χ1) is 9.60. The quantitative estimate of drug-likeness (QED) is 0.474. The second-order valence-corrected chi connectivity index (χ2v) is 4.66. The Morgan fingerprint density at radius 1 is 1.25 bits per heavy atom. The van der Waals surface area contributed by atoms with E-state index in [-0.39, 0.29) is 18.2 Å². The lowest BCUT2D eigenvalue weighted by Crippen LogP contribution is -2.01. The maximum Gasteiger partial charge on any atom is 0.407 e. The zero-order valence-electron chi connectivity index (χ0n) is 10.6. The largest absolute Gasteiger partial charge is 0.497 e. The van der Waals surface area contributed by atoms with Crippen LogP contribution in [0.2, 0.25) is 0 Å². The van der Waals surface area contributed by atoms with Crippen molar-refractivity contribution in [1.29, 1.82) is 0 Å². The Morgan fingerprint density at radius 3 is 2.55 bits per heavy atom. The molecular formula is C13H11BrN2O4. The van der Waals surface area contributed by atoms with E-state index in [4.69, 9.17) is 9.47 Å². The highest BCUT2D eigenvalue weighted by Gasteiger charge is 2.18. The van der Waals surface area contributed by atoms with Crippen LogP contribution in [0, 0.1) is 10.1 Å². The predicted molar refractivity (Wildman–Crippen MR) is 75.9 cm³/mol. The first-order valence-corrected chi connectivity index (χ1v) is 6.46. The maximum atomic E-state index is 10.9. The summed E-state index contributed by atoms with van der Waals surface area (Å²) in [5.41, 5.74) is 0.878. The van der Waals surface area contributed by atoms with Crippen molar-refractivity contribution in [3.05, 3.63) is 56.7 Å². The number of rotatable bonds is 5. The van der Waals surface area contributed by atoms with Gasteiger partial charge in [-0.15, -0.1) is 0 Å². The number of hydrogen-bond acceptors (Lipinski definition) is 5. The molecule has 0 radical (unpaired) electrons. The van der Waals surface area contributed by atoms with Crippen LogP contribution < -0.4 is 9.47 Å². The molecule has 0 saturated heterocycles. The van der Waals surface area contributed by atoms with Crippen molar-refractivity contribution in [3.63, 3.8) is 0 Å². The minimum Gasteiger partial charge on any atom is -0.497 e. The van der Waals surface area contributed by atoms with Gasteiger partial charge < -0.3 is 19.6 Å². The fraction of sp³-hybridized carbons (Fsp3) is 0.154. The SMILES string of the molecule is COc1ccc(COc2ccc(Br)nc2[N+](=O)[O-])cc1. The molecule has 20 heavy (non-hydrogen) atoms. The normalized spacial score (nSPS) is 10.1. The fourth-order valence-corrected chi connectivity index (χ4v) is 1.84. The summed E-state index contributed by atoms with van der Waals surface area (Å²) in [4.78, 5) is 14.1. The highest BCUT2D eigenvalue weighted by atomic mass is 79.9. The Morgan fingerprint density at radius 2 is 1.95 bits per heavy atom. The molecule has 0 aliphatic carbocycles. The fourth-order valence-electron chi connectivity index (χ4n) is 1.54.